The lowest BCUT2D eigenvalue weighted by molar-refractivity contribution is -0.137. The maximum Gasteiger partial charge on any atom is 0.325 e. The summed E-state index contributed by atoms with van der Waals surface area (Å²) in [6, 6.07) is 0. The third-order valence-corrected chi connectivity index (χ3v) is 1.38. The number of carbonyl (C=O) groups excluding carboxylic acids is 1. The van der Waals surface area contributed by atoms with E-state index in [1.165, 1.54) is 17.1 Å². The highest BCUT2D eigenvalue weighted by atomic mass is 16.4. The maximum atomic E-state index is 10.8. The molecule has 0 aliphatic carbocycles. The second-order valence-electron chi connectivity index (χ2n) is 2.51. The summed E-state index contributed by atoms with van der Waals surface area (Å²) in [6.45, 7) is 3.05. The standard InChI is InChI=1S/C8H9N3O3/c1-2-7(12)10-6-3-9-11(4-6)5-8(13)14/h2-4H,1,5H2,(H,10,12)(H,13,14). The van der Waals surface area contributed by atoms with Gasteiger partial charge in [-0.15, -0.1) is 0 Å². The Morgan fingerprint density at radius 2 is 2.43 bits per heavy atom. The number of aromatic nitrogens is 2. The molecule has 1 rings (SSSR count). The second kappa shape index (κ2) is 4.22. The van der Waals surface area contributed by atoms with Crippen molar-refractivity contribution in [1.82, 2.24) is 9.78 Å². The van der Waals surface area contributed by atoms with Gasteiger partial charge in [0.05, 0.1) is 11.9 Å². The Labute approximate surface area is 79.8 Å². The van der Waals surface area contributed by atoms with Gasteiger partial charge < -0.3 is 10.4 Å². The van der Waals surface area contributed by atoms with Crippen molar-refractivity contribution in [3.8, 4) is 0 Å². The molecule has 0 spiro atoms. The lowest BCUT2D eigenvalue weighted by Crippen LogP contribution is -2.09. The van der Waals surface area contributed by atoms with E-state index in [9.17, 15) is 9.59 Å². The molecule has 0 saturated heterocycles. The van der Waals surface area contributed by atoms with Crippen molar-refractivity contribution >= 4 is 17.6 Å². The third kappa shape index (κ3) is 2.74. The first-order valence-corrected chi connectivity index (χ1v) is 3.79. The molecule has 2 N–H and O–H groups in total. The van der Waals surface area contributed by atoms with Crippen molar-refractivity contribution in [2.24, 2.45) is 0 Å². The highest BCUT2D eigenvalue weighted by molar-refractivity contribution is 5.98. The molecule has 14 heavy (non-hydrogen) atoms. The number of nitrogens with one attached hydrogen (secondary N) is 1. The lowest BCUT2D eigenvalue weighted by Gasteiger charge is -1.95. The molecular formula is C8H9N3O3. The van der Waals surface area contributed by atoms with Crippen LogP contribution in [0.1, 0.15) is 0 Å². The van der Waals surface area contributed by atoms with Crippen molar-refractivity contribution in [2.45, 2.75) is 6.54 Å². The van der Waals surface area contributed by atoms with Crippen molar-refractivity contribution in [3.63, 3.8) is 0 Å². The molecule has 1 aromatic rings. The average molecular weight is 195 g/mol. The van der Waals surface area contributed by atoms with Crippen LogP contribution in [-0.4, -0.2) is 26.8 Å². The summed E-state index contributed by atoms with van der Waals surface area (Å²) in [6.07, 6.45) is 3.91. The van der Waals surface area contributed by atoms with Crippen molar-refractivity contribution in [2.75, 3.05) is 5.32 Å². The second-order valence-corrected chi connectivity index (χ2v) is 2.51. The Morgan fingerprint density at radius 1 is 1.71 bits per heavy atom. The van der Waals surface area contributed by atoms with E-state index in [0.29, 0.717) is 5.69 Å². The van der Waals surface area contributed by atoms with Crippen molar-refractivity contribution in [3.05, 3.63) is 25.0 Å². The summed E-state index contributed by atoms with van der Waals surface area (Å²) in [7, 11) is 0. The summed E-state index contributed by atoms with van der Waals surface area (Å²) < 4.78 is 1.21. The molecule has 0 saturated carbocycles. The Morgan fingerprint density at radius 3 is 3.00 bits per heavy atom. The Bertz CT molecular complexity index is 370. The largest absolute Gasteiger partial charge is 0.480 e. The molecule has 0 atom stereocenters. The molecule has 1 amide bonds. The van der Waals surface area contributed by atoms with Crippen LogP contribution in [0.25, 0.3) is 0 Å². The van der Waals surface area contributed by atoms with E-state index in [0.717, 1.165) is 6.08 Å². The molecule has 0 bridgehead atoms. The van der Waals surface area contributed by atoms with Crippen LogP contribution in [0.3, 0.4) is 0 Å². The van der Waals surface area contributed by atoms with E-state index in [4.69, 9.17) is 5.11 Å². The van der Waals surface area contributed by atoms with Gasteiger partial charge in [-0.1, -0.05) is 6.58 Å². The summed E-state index contributed by atoms with van der Waals surface area (Å²) in [5.41, 5.74) is 0.441. The molecule has 0 aromatic carbocycles. The monoisotopic (exact) mass is 195 g/mol. The van der Waals surface area contributed by atoms with Crippen LogP contribution in [0.15, 0.2) is 25.0 Å². The van der Waals surface area contributed by atoms with Gasteiger partial charge in [-0.05, 0) is 6.08 Å². The fraction of sp³-hybridized carbons (Fsp3) is 0.125. The fourth-order valence-corrected chi connectivity index (χ4v) is 0.846. The number of nitrogens with zero attached hydrogens (tertiary/aromatic N) is 2. The number of carboxylic acids is 1. The quantitative estimate of drug-likeness (QED) is 0.667. The molecule has 0 radical (unpaired) electrons. The van der Waals surface area contributed by atoms with Crippen LogP contribution >= 0.6 is 0 Å². The first-order valence-electron chi connectivity index (χ1n) is 3.79. The molecule has 0 aliphatic heterocycles. The van der Waals surface area contributed by atoms with E-state index in [-0.39, 0.29) is 12.5 Å². The highest BCUT2D eigenvalue weighted by Crippen LogP contribution is 2.04. The van der Waals surface area contributed by atoms with E-state index in [1.54, 1.807) is 0 Å². The Balaban J connectivity index is 2.63. The number of carboxylic acid groups (broad SMARTS) is 1. The lowest BCUT2D eigenvalue weighted by atomic mass is 10.5. The number of hydrogen-bond donors (Lipinski definition) is 2. The zero-order chi connectivity index (χ0) is 10.6. The Kier molecular flexibility index (Phi) is 3.01. The molecule has 6 heteroatoms. The van der Waals surface area contributed by atoms with Gasteiger partial charge in [0.15, 0.2) is 0 Å². The Hall–Kier alpha value is -2.11. The summed E-state index contributed by atoms with van der Waals surface area (Å²) in [4.78, 5) is 21.1. The topological polar surface area (TPSA) is 84.2 Å². The van der Waals surface area contributed by atoms with Gasteiger partial charge in [0.1, 0.15) is 6.54 Å². The molecule has 6 nitrogen and oxygen atoms in total. The number of hydrogen-bond acceptors (Lipinski definition) is 3. The van der Waals surface area contributed by atoms with E-state index in [1.807, 2.05) is 0 Å². The van der Waals surface area contributed by atoms with Gasteiger partial charge in [-0.25, -0.2) is 0 Å². The predicted molar refractivity (Wildman–Crippen MR) is 48.7 cm³/mol. The van der Waals surface area contributed by atoms with Gasteiger partial charge in [0.25, 0.3) is 0 Å². The SMILES string of the molecule is C=CC(=O)Nc1cnn(CC(=O)O)c1. The molecular weight excluding hydrogens is 186 g/mol. The van der Waals surface area contributed by atoms with Crippen LogP contribution in [-0.2, 0) is 16.1 Å². The normalized spacial score (nSPS) is 9.43. The zero-order valence-corrected chi connectivity index (χ0v) is 7.30. The predicted octanol–water partition coefficient (Wildman–Crippen LogP) is 0.0922. The van der Waals surface area contributed by atoms with Gasteiger partial charge in [-0.2, -0.15) is 5.10 Å². The van der Waals surface area contributed by atoms with Gasteiger partial charge in [0.2, 0.25) is 5.91 Å². The van der Waals surface area contributed by atoms with Crippen LogP contribution in [0.4, 0.5) is 5.69 Å². The fourth-order valence-electron chi connectivity index (χ4n) is 0.846. The minimum Gasteiger partial charge on any atom is -0.480 e. The molecule has 0 aliphatic rings. The first-order chi connectivity index (χ1) is 6.61. The molecule has 1 aromatic heterocycles. The summed E-state index contributed by atoms with van der Waals surface area (Å²) in [5.74, 6) is -1.35. The first kappa shape index (κ1) is 9.97. The smallest absolute Gasteiger partial charge is 0.325 e. The third-order valence-electron chi connectivity index (χ3n) is 1.38. The van der Waals surface area contributed by atoms with Crippen molar-refractivity contribution in [1.29, 1.82) is 0 Å². The minimum atomic E-state index is -0.991. The average Bonchev–Trinajstić information content (AvgIpc) is 2.51. The highest BCUT2D eigenvalue weighted by Gasteiger charge is 2.03. The van der Waals surface area contributed by atoms with E-state index < -0.39 is 5.97 Å². The summed E-state index contributed by atoms with van der Waals surface area (Å²) >= 11 is 0. The number of carbonyl (C=O) groups is 2. The number of anilines is 1. The van der Waals surface area contributed by atoms with Gasteiger partial charge in [-0.3, -0.25) is 14.3 Å². The molecule has 1 heterocycles. The summed E-state index contributed by atoms with van der Waals surface area (Å²) in [5, 5.41) is 14.6. The minimum absolute atomic E-state index is 0.232. The number of rotatable bonds is 4. The van der Waals surface area contributed by atoms with E-state index >= 15 is 0 Å². The van der Waals surface area contributed by atoms with Crippen LogP contribution in [0, 0.1) is 0 Å². The number of amides is 1. The van der Waals surface area contributed by atoms with Crippen molar-refractivity contribution < 1.29 is 14.7 Å². The van der Waals surface area contributed by atoms with Gasteiger partial charge in [0, 0.05) is 6.20 Å². The molecule has 0 fully saturated rings. The molecule has 74 valence electrons. The number of aliphatic carboxylic acids is 1. The van der Waals surface area contributed by atoms with Crippen LogP contribution in [0.5, 0.6) is 0 Å². The van der Waals surface area contributed by atoms with Crippen LogP contribution in [0.2, 0.25) is 0 Å². The zero-order valence-electron chi connectivity index (χ0n) is 7.30. The van der Waals surface area contributed by atoms with Gasteiger partial charge >= 0.3 is 5.97 Å². The van der Waals surface area contributed by atoms with Crippen LogP contribution < -0.4 is 5.32 Å². The van der Waals surface area contributed by atoms with E-state index in [2.05, 4.69) is 17.0 Å². The molecule has 0 unspecified atom stereocenters. The maximum absolute atomic E-state index is 10.8.